The molecule has 6 nitrogen and oxygen atoms in total. The number of carbonyl (C=O) groups is 1. The van der Waals surface area contributed by atoms with Crippen LogP contribution in [0.15, 0.2) is 42.5 Å². The van der Waals surface area contributed by atoms with Crippen LogP contribution in [-0.4, -0.2) is 51.1 Å². The van der Waals surface area contributed by atoms with Gasteiger partial charge < -0.3 is 19.9 Å². The minimum Gasteiger partial charge on any atom is -0.367 e. The number of hydrogen-bond acceptors (Lipinski definition) is 5. The van der Waals surface area contributed by atoms with Gasteiger partial charge in [-0.25, -0.2) is 4.39 Å². The van der Waals surface area contributed by atoms with Crippen LogP contribution in [0.1, 0.15) is 12.0 Å². The highest BCUT2D eigenvalue weighted by atomic mass is 31.2. The SMILES string of the molecule is CP(C)(=O)c1ccc(-c2ccc(CC(C#N)NC(=O)C3CNCCCO3)c(F)c2)cc1. The Hall–Kier alpha value is -2.52. The van der Waals surface area contributed by atoms with E-state index >= 15 is 0 Å². The summed E-state index contributed by atoms with van der Waals surface area (Å²) in [4.78, 5) is 12.4. The van der Waals surface area contributed by atoms with Crippen molar-refractivity contribution in [1.82, 2.24) is 10.6 Å². The molecule has 0 bridgehead atoms. The Bertz CT molecular complexity index is 1010. The summed E-state index contributed by atoms with van der Waals surface area (Å²) < 4.78 is 32.4. The number of nitrogens with one attached hydrogen (secondary N) is 2. The second-order valence-corrected chi connectivity index (χ2v) is 11.2. The van der Waals surface area contributed by atoms with Crippen molar-refractivity contribution in [1.29, 1.82) is 5.26 Å². The van der Waals surface area contributed by atoms with Crippen molar-refractivity contribution in [2.45, 2.75) is 25.0 Å². The predicted octanol–water partition coefficient (Wildman–Crippen LogP) is 2.67. The van der Waals surface area contributed by atoms with E-state index in [2.05, 4.69) is 10.6 Å². The topological polar surface area (TPSA) is 91.2 Å². The molecule has 1 aliphatic heterocycles. The highest BCUT2D eigenvalue weighted by molar-refractivity contribution is 7.70. The first-order valence-corrected chi connectivity index (χ1v) is 12.8. The summed E-state index contributed by atoms with van der Waals surface area (Å²) in [5.41, 5.74) is 1.84. The Kier molecular flexibility index (Phi) is 7.61. The van der Waals surface area contributed by atoms with Gasteiger partial charge in [0.1, 0.15) is 25.1 Å². The summed E-state index contributed by atoms with van der Waals surface area (Å²) in [5, 5.41) is 16.0. The fraction of sp³-hybridized carbons (Fsp3) is 0.391. The zero-order valence-electron chi connectivity index (χ0n) is 17.7. The number of hydrogen-bond donors (Lipinski definition) is 2. The number of nitriles is 1. The summed E-state index contributed by atoms with van der Waals surface area (Å²) >= 11 is 0. The standard InChI is InChI=1S/C23H27FN3O3P/c1-31(2,29)20-8-6-16(7-9-20)17-4-5-18(21(24)13-17)12-19(14-25)27-23(28)22-15-26-10-3-11-30-22/h4-9,13,19,22,26H,3,10-12,15H2,1-2H3,(H,27,28). The third kappa shape index (κ3) is 6.24. The molecule has 31 heavy (non-hydrogen) atoms. The average Bonchev–Trinajstić information content (AvgIpc) is 3.03. The predicted molar refractivity (Wildman–Crippen MR) is 119 cm³/mol. The van der Waals surface area contributed by atoms with Crippen LogP contribution in [0.25, 0.3) is 11.1 Å². The lowest BCUT2D eigenvalue weighted by Crippen LogP contribution is -2.46. The Morgan fingerprint density at radius 2 is 2.00 bits per heavy atom. The van der Waals surface area contributed by atoms with Crippen molar-refractivity contribution in [2.24, 2.45) is 0 Å². The molecule has 2 N–H and O–H groups in total. The number of amides is 1. The largest absolute Gasteiger partial charge is 0.367 e. The Balaban J connectivity index is 1.68. The molecule has 0 spiro atoms. The number of carbonyl (C=O) groups excluding carboxylic acids is 1. The zero-order chi connectivity index (χ0) is 22.4. The van der Waals surface area contributed by atoms with Gasteiger partial charge in [0.25, 0.3) is 5.91 Å². The smallest absolute Gasteiger partial charge is 0.251 e. The van der Waals surface area contributed by atoms with Crippen LogP contribution < -0.4 is 15.9 Å². The fourth-order valence-corrected chi connectivity index (χ4v) is 4.27. The Labute approximate surface area is 182 Å². The van der Waals surface area contributed by atoms with Gasteiger partial charge in [-0.2, -0.15) is 5.26 Å². The molecule has 1 heterocycles. The average molecular weight is 443 g/mol. The summed E-state index contributed by atoms with van der Waals surface area (Å²) in [7, 11) is -2.34. The van der Waals surface area contributed by atoms with Crippen molar-refractivity contribution < 1.29 is 18.5 Å². The molecule has 8 heteroatoms. The highest BCUT2D eigenvalue weighted by Crippen LogP contribution is 2.35. The van der Waals surface area contributed by atoms with E-state index in [0.717, 1.165) is 23.8 Å². The summed E-state index contributed by atoms with van der Waals surface area (Å²) in [6.45, 7) is 5.06. The molecule has 2 aromatic carbocycles. The molecular formula is C23H27FN3O3P. The number of benzene rings is 2. The third-order valence-electron chi connectivity index (χ3n) is 5.21. The zero-order valence-corrected chi connectivity index (χ0v) is 18.6. The Morgan fingerprint density at radius 3 is 2.65 bits per heavy atom. The van der Waals surface area contributed by atoms with Crippen LogP contribution in [0, 0.1) is 17.1 Å². The number of ether oxygens (including phenoxy) is 1. The molecule has 1 aliphatic rings. The quantitative estimate of drug-likeness (QED) is 0.670. The summed E-state index contributed by atoms with van der Waals surface area (Å²) in [5.74, 6) is -0.817. The number of nitrogens with zero attached hydrogens (tertiary/aromatic N) is 1. The molecule has 0 aliphatic carbocycles. The first kappa shape index (κ1) is 23.1. The summed E-state index contributed by atoms with van der Waals surface area (Å²) in [6, 6.07) is 13.2. The molecule has 1 saturated heterocycles. The van der Waals surface area contributed by atoms with Gasteiger partial charge in [0.05, 0.1) is 6.07 Å². The first-order chi connectivity index (χ1) is 14.8. The van der Waals surface area contributed by atoms with Crippen molar-refractivity contribution in [3.63, 3.8) is 0 Å². The first-order valence-electron chi connectivity index (χ1n) is 10.2. The Morgan fingerprint density at radius 1 is 1.29 bits per heavy atom. The lowest BCUT2D eigenvalue weighted by molar-refractivity contribution is -0.132. The van der Waals surface area contributed by atoms with Crippen LogP contribution in [0.3, 0.4) is 0 Å². The molecule has 0 radical (unpaired) electrons. The molecule has 2 atom stereocenters. The van der Waals surface area contributed by atoms with E-state index in [0.29, 0.717) is 24.3 Å². The molecule has 3 rings (SSSR count). The van der Waals surface area contributed by atoms with E-state index in [1.54, 1.807) is 37.6 Å². The molecular weight excluding hydrogens is 416 g/mol. The van der Waals surface area contributed by atoms with Gasteiger partial charge in [0, 0.05) is 24.9 Å². The van der Waals surface area contributed by atoms with Gasteiger partial charge in [-0.1, -0.05) is 36.4 Å². The lowest BCUT2D eigenvalue weighted by Gasteiger charge is -2.18. The van der Waals surface area contributed by atoms with Crippen LogP contribution in [0.4, 0.5) is 4.39 Å². The summed E-state index contributed by atoms with van der Waals surface area (Å²) in [6.07, 6.45) is 0.222. The monoisotopic (exact) mass is 443 g/mol. The van der Waals surface area contributed by atoms with Gasteiger partial charge in [-0.3, -0.25) is 4.79 Å². The van der Waals surface area contributed by atoms with Gasteiger partial charge >= 0.3 is 0 Å². The van der Waals surface area contributed by atoms with Crippen molar-refractivity contribution in [3.8, 4) is 17.2 Å². The minimum absolute atomic E-state index is 0.0578. The van der Waals surface area contributed by atoms with E-state index < -0.39 is 25.1 Å². The minimum atomic E-state index is -2.34. The molecule has 1 amide bonds. The molecule has 2 aromatic rings. The second-order valence-electron chi connectivity index (χ2n) is 8.02. The maximum Gasteiger partial charge on any atom is 0.251 e. The molecule has 1 fully saturated rings. The van der Waals surface area contributed by atoms with Gasteiger partial charge in [-0.05, 0) is 49.1 Å². The maximum atomic E-state index is 14.7. The molecule has 2 unspecified atom stereocenters. The van der Waals surface area contributed by atoms with Crippen LogP contribution in [0.5, 0.6) is 0 Å². The fourth-order valence-electron chi connectivity index (χ4n) is 3.40. The van der Waals surface area contributed by atoms with Crippen LogP contribution in [0.2, 0.25) is 0 Å². The second kappa shape index (κ2) is 10.2. The lowest BCUT2D eigenvalue weighted by atomic mass is 10.00. The molecule has 164 valence electrons. The van der Waals surface area contributed by atoms with E-state index in [4.69, 9.17) is 4.74 Å². The van der Waals surface area contributed by atoms with Gasteiger partial charge in [-0.15, -0.1) is 0 Å². The number of halogens is 1. The van der Waals surface area contributed by atoms with Crippen LogP contribution >= 0.6 is 7.14 Å². The van der Waals surface area contributed by atoms with E-state index in [1.165, 1.54) is 6.07 Å². The molecule has 0 saturated carbocycles. The van der Waals surface area contributed by atoms with Crippen molar-refractivity contribution in [2.75, 3.05) is 33.0 Å². The van der Waals surface area contributed by atoms with Gasteiger partial charge in [0.15, 0.2) is 0 Å². The van der Waals surface area contributed by atoms with Crippen molar-refractivity contribution >= 4 is 18.4 Å². The molecule has 0 aromatic heterocycles. The van der Waals surface area contributed by atoms with Gasteiger partial charge in [0.2, 0.25) is 0 Å². The number of rotatable bonds is 6. The maximum absolute atomic E-state index is 14.7. The van der Waals surface area contributed by atoms with Crippen molar-refractivity contribution in [3.05, 3.63) is 53.8 Å². The highest BCUT2D eigenvalue weighted by Gasteiger charge is 2.24. The third-order valence-corrected chi connectivity index (χ3v) is 6.75. The van der Waals surface area contributed by atoms with E-state index in [-0.39, 0.29) is 12.3 Å². The van der Waals surface area contributed by atoms with Crippen LogP contribution in [-0.2, 0) is 20.5 Å². The van der Waals surface area contributed by atoms with E-state index in [9.17, 15) is 19.0 Å². The van der Waals surface area contributed by atoms with E-state index in [1.807, 2.05) is 18.2 Å². The normalized spacial score (nSPS) is 17.9.